The van der Waals surface area contributed by atoms with Crippen LogP contribution in [0.1, 0.15) is 29.0 Å². The third-order valence-electron chi connectivity index (χ3n) is 3.01. The Labute approximate surface area is 112 Å². The number of hydrogen-bond donors (Lipinski definition) is 1. The van der Waals surface area contributed by atoms with Crippen LogP contribution in [0.2, 0.25) is 0 Å². The Morgan fingerprint density at radius 3 is 2.78 bits per heavy atom. The van der Waals surface area contributed by atoms with Crippen molar-refractivity contribution < 1.29 is 5.11 Å². The van der Waals surface area contributed by atoms with Crippen molar-refractivity contribution in [2.75, 3.05) is 6.61 Å². The third kappa shape index (κ3) is 3.18. The summed E-state index contributed by atoms with van der Waals surface area (Å²) in [6.07, 6.45) is 2.84. The fourth-order valence-corrected chi connectivity index (χ4v) is 2.88. The molecule has 1 aromatic heterocycles. The minimum atomic E-state index is 0.273. The second-order valence-corrected chi connectivity index (χ2v) is 5.57. The Balaban J connectivity index is 2.13. The number of thiazole rings is 1. The van der Waals surface area contributed by atoms with Gasteiger partial charge in [0, 0.05) is 17.6 Å². The number of benzene rings is 1. The van der Waals surface area contributed by atoms with Gasteiger partial charge in [0.25, 0.3) is 0 Å². The molecule has 0 aliphatic carbocycles. The van der Waals surface area contributed by atoms with Gasteiger partial charge in [-0.2, -0.15) is 0 Å². The molecule has 2 rings (SSSR count). The number of nitrogens with zero attached hydrogens (tertiary/aromatic N) is 1. The van der Waals surface area contributed by atoms with Crippen LogP contribution < -0.4 is 0 Å². The van der Waals surface area contributed by atoms with Crippen LogP contribution in [0.3, 0.4) is 0 Å². The van der Waals surface area contributed by atoms with E-state index in [4.69, 9.17) is 5.11 Å². The van der Waals surface area contributed by atoms with E-state index in [9.17, 15) is 0 Å². The molecule has 0 spiro atoms. The smallest absolute Gasteiger partial charge is 0.0932 e. The number of aryl methyl sites for hydroxylation is 3. The average Bonchev–Trinajstić information content (AvgIpc) is 2.78. The summed E-state index contributed by atoms with van der Waals surface area (Å²) in [6.45, 7) is 4.51. The minimum Gasteiger partial charge on any atom is -0.396 e. The zero-order valence-corrected chi connectivity index (χ0v) is 11.8. The largest absolute Gasteiger partial charge is 0.396 e. The maximum absolute atomic E-state index is 8.77. The number of unbranched alkanes of at least 4 members (excludes halogenated alkanes) is 1. The van der Waals surface area contributed by atoms with E-state index >= 15 is 0 Å². The molecule has 0 aliphatic heterocycles. The molecule has 2 nitrogen and oxygen atoms in total. The van der Waals surface area contributed by atoms with Crippen molar-refractivity contribution in [2.45, 2.75) is 33.1 Å². The molecule has 0 atom stereocenters. The van der Waals surface area contributed by atoms with Crippen LogP contribution in [0.25, 0.3) is 11.3 Å². The predicted molar refractivity (Wildman–Crippen MR) is 77.0 cm³/mol. The van der Waals surface area contributed by atoms with E-state index in [0.29, 0.717) is 0 Å². The SMILES string of the molecule is Cc1ccc(-c2csc(CCCCO)n2)c(C)c1. The van der Waals surface area contributed by atoms with Gasteiger partial charge in [-0.3, -0.25) is 0 Å². The van der Waals surface area contributed by atoms with Crippen LogP contribution in [0.4, 0.5) is 0 Å². The first kappa shape index (κ1) is 13.2. The molecule has 0 fully saturated rings. The van der Waals surface area contributed by atoms with Crippen LogP contribution in [0.15, 0.2) is 23.6 Å². The lowest BCUT2D eigenvalue weighted by molar-refractivity contribution is 0.284. The molecule has 18 heavy (non-hydrogen) atoms. The van der Waals surface area contributed by atoms with Crippen LogP contribution in [0, 0.1) is 13.8 Å². The highest BCUT2D eigenvalue weighted by Crippen LogP contribution is 2.26. The first-order valence-electron chi connectivity index (χ1n) is 6.33. The van der Waals surface area contributed by atoms with Gasteiger partial charge in [0.15, 0.2) is 0 Å². The lowest BCUT2D eigenvalue weighted by Crippen LogP contribution is -1.89. The Morgan fingerprint density at radius 2 is 2.06 bits per heavy atom. The third-order valence-corrected chi connectivity index (χ3v) is 3.92. The van der Waals surface area contributed by atoms with Gasteiger partial charge in [-0.05, 0) is 38.7 Å². The van der Waals surface area contributed by atoms with Crippen molar-refractivity contribution in [1.29, 1.82) is 0 Å². The van der Waals surface area contributed by atoms with E-state index in [0.717, 1.165) is 25.0 Å². The van der Waals surface area contributed by atoms with Gasteiger partial charge in [-0.15, -0.1) is 11.3 Å². The molecule has 0 amide bonds. The fraction of sp³-hybridized carbons (Fsp3) is 0.400. The Kier molecular flexibility index (Phi) is 4.50. The predicted octanol–water partition coefficient (Wildman–Crippen LogP) is 3.74. The van der Waals surface area contributed by atoms with Gasteiger partial charge in [0.1, 0.15) is 0 Å². The molecule has 3 heteroatoms. The van der Waals surface area contributed by atoms with Gasteiger partial charge in [0.2, 0.25) is 0 Å². The Hall–Kier alpha value is -1.19. The molecule has 2 aromatic rings. The van der Waals surface area contributed by atoms with E-state index < -0.39 is 0 Å². The maximum atomic E-state index is 8.77. The van der Waals surface area contributed by atoms with Crippen molar-refractivity contribution in [3.8, 4) is 11.3 Å². The number of rotatable bonds is 5. The number of aromatic nitrogens is 1. The molecule has 0 unspecified atom stereocenters. The van der Waals surface area contributed by atoms with Crippen LogP contribution in [0.5, 0.6) is 0 Å². The first-order chi connectivity index (χ1) is 8.70. The summed E-state index contributed by atoms with van der Waals surface area (Å²) < 4.78 is 0. The molecule has 0 bridgehead atoms. The van der Waals surface area contributed by atoms with Gasteiger partial charge in [0.05, 0.1) is 10.7 Å². The van der Waals surface area contributed by atoms with Gasteiger partial charge >= 0.3 is 0 Å². The number of hydrogen-bond acceptors (Lipinski definition) is 3. The zero-order valence-electron chi connectivity index (χ0n) is 10.9. The molecule has 1 heterocycles. The second-order valence-electron chi connectivity index (χ2n) is 4.63. The summed E-state index contributed by atoms with van der Waals surface area (Å²) in [5.41, 5.74) is 4.87. The number of aliphatic hydroxyl groups is 1. The van der Waals surface area contributed by atoms with E-state index in [-0.39, 0.29) is 6.61 Å². The lowest BCUT2D eigenvalue weighted by Gasteiger charge is -2.03. The molecule has 0 saturated carbocycles. The quantitative estimate of drug-likeness (QED) is 0.832. The molecule has 0 saturated heterocycles. The molecule has 0 aliphatic rings. The molecule has 96 valence electrons. The van der Waals surface area contributed by atoms with Crippen molar-refractivity contribution in [3.63, 3.8) is 0 Å². The van der Waals surface area contributed by atoms with E-state index in [1.807, 2.05) is 0 Å². The van der Waals surface area contributed by atoms with Gasteiger partial charge in [-0.25, -0.2) is 4.98 Å². The monoisotopic (exact) mass is 261 g/mol. The van der Waals surface area contributed by atoms with E-state index in [2.05, 4.69) is 42.4 Å². The molecule has 1 aromatic carbocycles. The summed E-state index contributed by atoms with van der Waals surface area (Å²) in [6, 6.07) is 6.48. The second kappa shape index (κ2) is 6.12. The number of aliphatic hydroxyl groups excluding tert-OH is 1. The standard InChI is InChI=1S/C15H19NOS/c1-11-6-7-13(12(2)9-11)14-10-18-15(16-14)5-3-4-8-17/h6-7,9-10,17H,3-5,8H2,1-2H3. The summed E-state index contributed by atoms with van der Waals surface area (Å²) in [5.74, 6) is 0. The minimum absolute atomic E-state index is 0.273. The normalized spacial score (nSPS) is 10.8. The van der Waals surface area contributed by atoms with Gasteiger partial charge in [-0.1, -0.05) is 23.8 Å². The summed E-state index contributed by atoms with van der Waals surface area (Å²) in [7, 11) is 0. The molecule has 1 N–H and O–H groups in total. The fourth-order valence-electron chi connectivity index (χ4n) is 2.04. The summed E-state index contributed by atoms with van der Waals surface area (Å²) >= 11 is 1.71. The maximum Gasteiger partial charge on any atom is 0.0932 e. The Bertz CT molecular complexity index is 519. The Morgan fingerprint density at radius 1 is 1.22 bits per heavy atom. The highest BCUT2D eigenvalue weighted by molar-refractivity contribution is 7.09. The van der Waals surface area contributed by atoms with Crippen LogP contribution >= 0.6 is 11.3 Å². The highest BCUT2D eigenvalue weighted by Gasteiger charge is 2.07. The zero-order chi connectivity index (χ0) is 13.0. The van der Waals surface area contributed by atoms with Gasteiger partial charge < -0.3 is 5.11 Å². The molecular weight excluding hydrogens is 242 g/mol. The van der Waals surface area contributed by atoms with Crippen LogP contribution in [-0.2, 0) is 6.42 Å². The first-order valence-corrected chi connectivity index (χ1v) is 7.21. The lowest BCUT2D eigenvalue weighted by atomic mass is 10.0. The molecular formula is C15H19NOS. The van der Waals surface area contributed by atoms with Crippen LogP contribution in [-0.4, -0.2) is 16.7 Å². The van der Waals surface area contributed by atoms with Crippen molar-refractivity contribution in [1.82, 2.24) is 4.98 Å². The summed E-state index contributed by atoms with van der Waals surface area (Å²) in [4.78, 5) is 4.68. The van der Waals surface area contributed by atoms with E-state index in [1.165, 1.54) is 21.7 Å². The molecule has 0 radical (unpaired) electrons. The van der Waals surface area contributed by atoms with Crippen molar-refractivity contribution >= 4 is 11.3 Å². The highest BCUT2D eigenvalue weighted by atomic mass is 32.1. The topological polar surface area (TPSA) is 33.1 Å². The summed E-state index contributed by atoms with van der Waals surface area (Å²) in [5, 5.41) is 12.1. The van der Waals surface area contributed by atoms with Crippen molar-refractivity contribution in [3.05, 3.63) is 39.7 Å². The van der Waals surface area contributed by atoms with E-state index in [1.54, 1.807) is 11.3 Å². The average molecular weight is 261 g/mol. The van der Waals surface area contributed by atoms with Crippen molar-refractivity contribution in [2.24, 2.45) is 0 Å².